The van der Waals surface area contributed by atoms with Crippen LogP contribution in [0.3, 0.4) is 0 Å². The van der Waals surface area contributed by atoms with Crippen molar-refractivity contribution >= 4 is 5.91 Å². The van der Waals surface area contributed by atoms with Crippen LogP contribution in [0.15, 0.2) is 18.5 Å². The molecule has 0 aliphatic heterocycles. The van der Waals surface area contributed by atoms with Gasteiger partial charge in [0.25, 0.3) is 5.91 Å². The number of aliphatic hydroxyl groups excluding tert-OH is 1. The van der Waals surface area contributed by atoms with E-state index in [2.05, 4.69) is 4.98 Å². The summed E-state index contributed by atoms with van der Waals surface area (Å²) in [7, 11) is 0. The number of rotatable bonds is 6. The third-order valence-electron chi connectivity index (χ3n) is 2.39. The van der Waals surface area contributed by atoms with Crippen molar-refractivity contribution < 1.29 is 14.3 Å². The fourth-order valence-electron chi connectivity index (χ4n) is 1.50. The first-order valence-electron chi connectivity index (χ1n) is 5.69. The molecule has 4 nitrogen and oxygen atoms in total. The smallest absolute Gasteiger partial charge is 0.255 e. The zero-order valence-electron chi connectivity index (χ0n) is 9.90. The molecule has 0 aromatic carbocycles. The van der Waals surface area contributed by atoms with E-state index in [1.54, 1.807) is 0 Å². The summed E-state index contributed by atoms with van der Waals surface area (Å²) in [5.41, 5.74) is 0.217. The van der Waals surface area contributed by atoms with Gasteiger partial charge in [-0.2, -0.15) is 0 Å². The largest absolute Gasteiger partial charge is 0.395 e. The number of pyridine rings is 1. The van der Waals surface area contributed by atoms with Gasteiger partial charge in [0.1, 0.15) is 5.82 Å². The lowest BCUT2D eigenvalue weighted by Crippen LogP contribution is -2.34. The molecule has 1 heterocycles. The summed E-state index contributed by atoms with van der Waals surface area (Å²) in [6.45, 7) is 2.74. The standard InChI is InChI=1S/C12H17FN2O2/c1-2-3-4-15(5-6-16)12(17)10-7-11(13)9-14-8-10/h7-9,16H,2-6H2,1H3. The molecule has 1 amide bonds. The van der Waals surface area contributed by atoms with E-state index in [0.29, 0.717) is 6.54 Å². The second kappa shape index (κ2) is 6.96. The molecule has 0 fully saturated rings. The number of nitrogens with zero attached hydrogens (tertiary/aromatic N) is 2. The van der Waals surface area contributed by atoms with Gasteiger partial charge in [0.15, 0.2) is 0 Å². The molecule has 0 atom stereocenters. The van der Waals surface area contributed by atoms with Gasteiger partial charge in [0.2, 0.25) is 0 Å². The van der Waals surface area contributed by atoms with Crippen LogP contribution in [0.5, 0.6) is 0 Å². The number of unbranched alkanes of at least 4 members (excludes halogenated alkanes) is 1. The number of halogens is 1. The summed E-state index contributed by atoms with van der Waals surface area (Å²) < 4.78 is 12.9. The fraction of sp³-hybridized carbons (Fsp3) is 0.500. The monoisotopic (exact) mass is 240 g/mol. The van der Waals surface area contributed by atoms with E-state index in [4.69, 9.17) is 5.11 Å². The number of carbonyl (C=O) groups excluding carboxylic acids is 1. The number of hydrogen-bond acceptors (Lipinski definition) is 3. The van der Waals surface area contributed by atoms with Gasteiger partial charge in [-0.05, 0) is 12.5 Å². The van der Waals surface area contributed by atoms with Crippen molar-refractivity contribution in [1.29, 1.82) is 0 Å². The van der Waals surface area contributed by atoms with E-state index < -0.39 is 5.82 Å². The van der Waals surface area contributed by atoms with Gasteiger partial charge in [-0.1, -0.05) is 13.3 Å². The zero-order valence-corrected chi connectivity index (χ0v) is 9.90. The molecule has 94 valence electrons. The number of aromatic nitrogens is 1. The Labute approximate surface area is 100 Å². The van der Waals surface area contributed by atoms with Gasteiger partial charge < -0.3 is 10.0 Å². The molecule has 0 bridgehead atoms. The van der Waals surface area contributed by atoms with Gasteiger partial charge >= 0.3 is 0 Å². The van der Waals surface area contributed by atoms with Crippen molar-refractivity contribution in [3.63, 3.8) is 0 Å². The second-order valence-electron chi connectivity index (χ2n) is 3.76. The molecule has 0 saturated carbocycles. The molecule has 0 unspecified atom stereocenters. The van der Waals surface area contributed by atoms with Gasteiger partial charge in [-0.15, -0.1) is 0 Å². The van der Waals surface area contributed by atoms with E-state index in [1.807, 2.05) is 6.92 Å². The van der Waals surface area contributed by atoms with Crippen LogP contribution in [0.1, 0.15) is 30.1 Å². The fourth-order valence-corrected chi connectivity index (χ4v) is 1.50. The van der Waals surface area contributed by atoms with Crippen LogP contribution in [-0.2, 0) is 0 Å². The minimum absolute atomic E-state index is 0.0990. The number of carbonyl (C=O) groups is 1. The molecule has 1 rings (SSSR count). The summed E-state index contributed by atoms with van der Waals surface area (Å²) in [6.07, 6.45) is 4.20. The van der Waals surface area contributed by atoms with E-state index >= 15 is 0 Å². The van der Waals surface area contributed by atoms with E-state index in [9.17, 15) is 9.18 Å². The molecule has 0 saturated heterocycles. The molecule has 0 spiro atoms. The Balaban J connectivity index is 2.76. The van der Waals surface area contributed by atoms with Crippen LogP contribution in [0.4, 0.5) is 4.39 Å². The summed E-state index contributed by atoms with van der Waals surface area (Å²) in [4.78, 5) is 17.2. The summed E-state index contributed by atoms with van der Waals surface area (Å²) in [5.74, 6) is -0.824. The van der Waals surface area contributed by atoms with E-state index in [0.717, 1.165) is 25.1 Å². The van der Waals surface area contributed by atoms with Crippen LogP contribution in [0.25, 0.3) is 0 Å². The Kier molecular flexibility index (Phi) is 5.56. The van der Waals surface area contributed by atoms with Crippen LogP contribution in [-0.4, -0.2) is 40.6 Å². The molecule has 17 heavy (non-hydrogen) atoms. The Bertz CT molecular complexity index is 371. The van der Waals surface area contributed by atoms with Crippen molar-refractivity contribution in [3.05, 3.63) is 29.8 Å². The van der Waals surface area contributed by atoms with Crippen molar-refractivity contribution in [2.45, 2.75) is 19.8 Å². The van der Waals surface area contributed by atoms with Crippen molar-refractivity contribution in [3.8, 4) is 0 Å². The summed E-state index contributed by atoms with van der Waals surface area (Å²) in [6, 6.07) is 1.16. The van der Waals surface area contributed by atoms with Gasteiger partial charge in [-0.25, -0.2) is 4.39 Å². The van der Waals surface area contributed by atoms with Crippen LogP contribution in [0.2, 0.25) is 0 Å². The Morgan fingerprint density at radius 2 is 2.24 bits per heavy atom. The van der Waals surface area contributed by atoms with Gasteiger partial charge in [0.05, 0.1) is 18.4 Å². The maximum Gasteiger partial charge on any atom is 0.255 e. The van der Waals surface area contributed by atoms with Crippen molar-refractivity contribution in [2.75, 3.05) is 19.7 Å². The molecule has 0 aliphatic carbocycles. The lowest BCUT2D eigenvalue weighted by atomic mass is 10.2. The molecular formula is C12H17FN2O2. The Morgan fingerprint density at radius 3 is 2.82 bits per heavy atom. The van der Waals surface area contributed by atoms with Crippen LogP contribution in [0, 0.1) is 5.82 Å². The first kappa shape index (κ1) is 13.6. The average molecular weight is 240 g/mol. The maximum absolute atomic E-state index is 12.9. The number of aliphatic hydroxyl groups is 1. The topological polar surface area (TPSA) is 53.4 Å². The normalized spacial score (nSPS) is 10.3. The SMILES string of the molecule is CCCCN(CCO)C(=O)c1cncc(F)c1. The molecule has 1 N–H and O–H groups in total. The lowest BCUT2D eigenvalue weighted by molar-refractivity contribution is 0.0718. The molecule has 5 heteroatoms. The lowest BCUT2D eigenvalue weighted by Gasteiger charge is -2.21. The molecule has 0 aliphatic rings. The number of hydrogen-bond donors (Lipinski definition) is 1. The van der Waals surface area contributed by atoms with Crippen LogP contribution < -0.4 is 0 Å². The van der Waals surface area contributed by atoms with Gasteiger partial charge in [-0.3, -0.25) is 9.78 Å². The minimum Gasteiger partial charge on any atom is -0.395 e. The first-order valence-corrected chi connectivity index (χ1v) is 5.69. The highest BCUT2D eigenvalue weighted by Gasteiger charge is 2.15. The summed E-state index contributed by atoms with van der Waals surface area (Å²) >= 11 is 0. The van der Waals surface area contributed by atoms with Crippen molar-refractivity contribution in [2.24, 2.45) is 0 Å². The number of amides is 1. The van der Waals surface area contributed by atoms with E-state index in [1.165, 1.54) is 11.1 Å². The molecular weight excluding hydrogens is 223 g/mol. The Hall–Kier alpha value is -1.49. The second-order valence-corrected chi connectivity index (χ2v) is 3.76. The third-order valence-corrected chi connectivity index (χ3v) is 2.39. The quantitative estimate of drug-likeness (QED) is 0.819. The highest BCUT2D eigenvalue weighted by Crippen LogP contribution is 2.06. The average Bonchev–Trinajstić information content (AvgIpc) is 2.33. The molecule has 1 aromatic heterocycles. The van der Waals surface area contributed by atoms with E-state index in [-0.39, 0.29) is 24.6 Å². The Morgan fingerprint density at radius 1 is 1.47 bits per heavy atom. The highest BCUT2D eigenvalue weighted by atomic mass is 19.1. The first-order chi connectivity index (χ1) is 8.19. The van der Waals surface area contributed by atoms with Crippen LogP contribution >= 0.6 is 0 Å². The maximum atomic E-state index is 12.9. The molecule has 1 aromatic rings. The third kappa shape index (κ3) is 4.11. The molecule has 0 radical (unpaired) electrons. The predicted molar refractivity (Wildman–Crippen MR) is 62.1 cm³/mol. The minimum atomic E-state index is -0.532. The zero-order chi connectivity index (χ0) is 12.7. The van der Waals surface area contributed by atoms with Gasteiger partial charge in [0, 0.05) is 19.3 Å². The summed E-state index contributed by atoms with van der Waals surface area (Å²) in [5, 5.41) is 8.90. The highest BCUT2D eigenvalue weighted by molar-refractivity contribution is 5.93. The van der Waals surface area contributed by atoms with Crippen molar-refractivity contribution in [1.82, 2.24) is 9.88 Å². The predicted octanol–water partition coefficient (Wildman–Crippen LogP) is 1.46.